The van der Waals surface area contributed by atoms with E-state index in [4.69, 9.17) is 27.9 Å². The maximum Gasteiger partial charge on any atom is 0.411 e. The fourth-order valence-corrected chi connectivity index (χ4v) is 4.88. The minimum absolute atomic E-state index is 0.0000609. The van der Waals surface area contributed by atoms with E-state index in [1.165, 1.54) is 11.8 Å². The average Bonchev–Trinajstić information content (AvgIpc) is 3.04. The summed E-state index contributed by atoms with van der Waals surface area (Å²) < 4.78 is 5.39. The summed E-state index contributed by atoms with van der Waals surface area (Å²) in [7, 11) is 0. The lowest BCUT2D eigenvalue weighted by molar-refractivity contribution is -0.131. The first kappa shape index (κ1) is 20.8. The molecule has 3 rings (SSSR count). The SMILES string of the molecule is CCC(COC(=O)Nc1ccccc1)N1C(=O)CSC1c1ccc(Cl)cc1Cl. The summed E-state index contributed by atoms with van der Waals surface area (Å²) in [6.45, 7) is 2.06. The van der Waals surface area contributed by atoms with E-state index in [0.29, 0.717) is 27.9 Å². The van der Waals surface area contributed by atoms with Crippen molar-refractivity contribution in [3.8, 4) is 0 Å². The smallest absolute Gasteiger partial charge is 0.411 e. The Morgan fingerprint density at radius 3 is 2.71 bits per heavy atom. The summed E-state index contributed by atoms with van der Waals surface area (Å²) in [5.74, 6) is 0.357. The predicted octanol–water partition coefficient (Wildman–Crippen LogP) is 5.59. The number of hydrogen-bond acceptors (Lipinski definition) is 4. The van der Waals surface area contributed by atoms with Crippen LogP contribution in [0.25, 0.3) is 0 Å². The monoisotopic (exact) mass is 438 g/mol. The van der Waals surface area contributed by atoms with Gasteiger partial charge < -0.3 is 9.64 Å². The molecule has 0 aliphatic carbocycles. The number of nitrogens with one attached hydrogen (secondary N) is 1. The van der Waals surface area contributed by atoms with Gasteiger partial charge in [-0.05, 0) is 30.7 Å². The van der Waals surface area contributed by atoms with Crippen LogP contribution in [0.3, 0.4) is 0 Å². The van der Waals surface area contributed by atoms with E-state index in [0.717, 1.165) is 5.56 Å². The number of carbonyl (C=O) groups is 2. The second-order valence-corrected chi connectivity index (χ2v) is 8.19. The number of thioether (sulfide) groups is 1. The molecule has 1 saturated heterocycles. The number of hydrogen-bond donors (Lipinski definition) is 1. The third-order valence-electron chi connectivity index (χ3n) is 4.43. The highest BCUT2D eigenvalue weighted by atomic mass is 35.5. The number of benzene rings is 2. The first-order valence-electron chi connectivity index (χ1n) is 8.86. The van der Waals surface area contributed by atoms with Crippen LogP contribution in [0.4, 0.5) is 10.5 Å². The Balaban J connectivity index is 1.69. The van der Waals surface area contributed by atoms with Crippen molar-refractivity contribution in [2.45, 2.75) is 24.8 Å². The standard InChI is InChI=1S/C20H20Cl2N2O3S/c1-2-15(11-27-20(26)23-14-6-4-3-5-7-14)24-18(25)12-28-19(24)16-9-8-13(21)10-17(16)22/h3-10,15,19H,2,11-12H2,1H3,(H,23,26). The molecule has 2 unspecified atom stereocenters. The summed E-state index contributed by atoms with van der Waals surface area (Å²) in [4.78, 5) is 26.4. The van der Waals surface area contributed by atoms with Crippen LogP contribution >= 0.6 is 35.0 Å². The van der Waals surface area contributed by atoms with Gasteiger partial charge in [-0.2, -0.15) is 0 Å². The van der Waals surface area contributed by atoms with Crippen LogP contribution < -0.4 is 5.32 Å². The molecule has 2 aromatic carbocycles. The van der Waals surface area contributed by atoms with Gasteiger partial charge in [-0.25, -0.2) is 4.79 Å². The topological polar surface area (TPSA) is 58.6 Å². The maximum atomic E-state index is 12.6. The van der Waals surface area contributed by atoms with Gasteiger partial charge in [-0.3, -0.25) is 10.1 Å². The number of para-hydroxylation sites is 1. The van der Waals surface area contributed by atoms with E-state index in [-0.39, 0.29) is 23.9 Å². The summed E-state index contributed by atoms with van der Waals surface area (Å²) in [5.41, 5.74) is 1.48. The van der Waals surface area contributed by atoms with Crippen molar-refractivity contribution in [3.05, 3.63) is 64.1 Å². The number of anilines is 1. The zero-order chi connectivity index (χ0) is 20.1. The number of rotatable bonds is 6. The number of nitrogens with zero attached hydrogens (tertiary/aromatic N) is 1. The molecule has 0 aromatic heterocycles. The Bertz CT molecular complexity index is 851. The molecule has 1 fully saturated rings. The minimum Gasteiger partial charge on any atom is -0.447 e. The van der Waals surface area contributed by atoms with E-state index in [9.17, 15) is 9.59 Å². The predicted molar refractivity (Wildman–Crippen MR) is 114 cm³/mol. The zero-order valence-corrected chi connectivity index (χ0v) is 17.6. The molecule has 148 valence electrons. The van der Waals surface area contributed by atoms with E-state index in [2.05, 4.69) is 5.32 Å². The number of halogens is 2. The first-order valence-corrected chi connectivity index (χ1v) is 10.7. The molecule has 28 heavy (non-hydrogen) atoms. The third-order valence-corrected chi connectivity index (χ3v) is 6.20. The largest absolute Gasteiger partial charge is 0.447 e. The first-order chi connectivity index (χ1) is 13.5. The molecule has 5 nitrogen and oxygen atoms in total. The molecule has 0 bridgehead atoms. The highest BCUT2D eigenvalue weighted by Gasteiger charge is 2.38. The summed E-state index contributed by atoms with van der Waals surface area (Å²) >= 11 is 13.9. The molecule has 2 aromatic rings. The molecule has 0 saturated carbocycles. The Morgan fingerprint density at radius 2 is 2.04 bits per heavy atom. The molecule has 1 N–H and O–H groups in total. The molecule has 2 amide bonds. The average molecular weight is 439 g/mol. The van der Waals surface area contributed by atoms with Crippen LogP contribution in [0, 0.1) is 0 Å². The maximum absolute atomic E-state index is 12.6. The molecule has 8 heteroatoms. The van der Waals surface area contributed by atoms with Gasteiger partial charge in [-0.1, -0.05) is 54.4 Å². The summed E-state index contributed by atoms with van der Waals surface area (Å²) in [5, 5.41) is 3.50. The van der Waals surface area contributed by atoms with Gasteiger partial charge in [0.2, 0.25) is 5.91 Å². The molecule has 2 atom stereocenters. The van der Waals surface area contributed by atoms with Crippen LogP contribution in [-0.2, 0) is 9.53 Å². The van der Waals surface area contributed by atoms with Crippen LogP contribution in [0.5, 0.6) is 0 Å². The van der Waals surface area contributed by atoms with Crippen LogP contribution in [0.15, 0.2) is 48.5 Å². The van der Waals surface area contributed by atoms with E-state index in [1.807, 2.05) is 31.2 Å². The Morgan fingerprint density at radius 1 is 1.29 bits per heavy atom. The fraction of sp³-hybridized carbons (Fsp3) is 0.300. The van der Waals surface area contributed by atoms with E-state index in [1.54, 1.807) is 29.2 Å². The lowest BCUT2D eigenvalue weighted by atomic mass is 10.1. The van der Waals surface area contributed by atoms with Crippen molar-refractivity contribution in [2.75, 3.05) is 17.7 Å². The zero-order valence-electron chi connectivity index (χ0n) is 15.2. The highest BCUT2D eigenvalue weighted by molar-refractivity contribution is 8.00. The van der Waals surface area contributed by atoms with Crippen molar-refractivity contribution in [2.24, 2.45) is 0 Å². The van der Waals surface area contributed by atoms with Gasteiger partial charge in [0.15, 0.2) is 0 Å². The Kier molecular flexibility index (Phi) is 7.10. The van der Waals surface area contributed by atoms with Gasteiger partial charge in [-0.15, -0.1) is 11.8 Å². The molecular weight excluding hydrogens is 419 g/mol. The second kappa shape index (κ2) is 9.54. The molecular formula is C20H20Cl2N2O3S. The van der Waals surface area contributed by atoms with Gasteiger partial charge in [0.05, 0.1) is 11.8 Å². The van der Waals surface area contributed by atoms with Crippen LogP contribution in [0.1, 0.15) is 24.3 Å². The van der Waals surface area contributed by atoms with Crippen molar-refractivity contribution in [1.29, 1.82) is 0 Å². The molecule has 0 radical (unpaired) electrons. The molecule has 1 aliphatic rings. The van der Waals surface area contributed by atoms with Crippen molar-refractivity contribution >= 4 is 52.7 Å². The summed E-state index contributed by atoms with van der Waals surface area (Å²) in [6, 6.07) is 14.1. The van der Waals surface area contributed by atoms with Gasteiger partial charge in [0, 0.05) is 21.3 Å². The van der Waals surface area contributed by atoms with Crippen molar-refractivity contribution in [1.82, 2.24) is 4.90 Å². The van der Waals surface area contributed by atoms with E-state index < -0.39 is 6.09 Å². The minimum atomic E-state index is -0.551. The van der Waals surface area contributed by atoms with Crippen LogP contribution in [0.2, 0.25) is 10.0 Å². The third kappa shape index (κ3) is 4.93. The number of amides is 2. The molecule has 0 spiro atoms. The number of ether oxygens (including phenoxy) is 1. The van der Waals surface area contributed by atoms with Crippen molar-refractivity contribution < 1.29 is 14.3 Å². The quantitative estimate of drug-likeness (QED) is 0.637. The molecule has 1 heterocycles. The van der Waals surface area contributed by atoms with Crippen LogP contribution in [-0.4, -0.2) is 35.3 Å². The van der Waals surface area contributed by atoms with Gasteiger partial charge in [0.25, 0.3) is 0 Å². The Hall–Kier alpha value is -1.89. The summed E-state index contributed by atoms with van der Waals surface area (Å²) in [6.07, 6.45) is 0.0946. The molecule has 1 aliphatic heterocycles. The van der Waals surface area contributed by atoms with Gasteiger partial charge >= 0.3 is 6.09 Å². The van der Waals surface area contributed by atoms with Gasteiger partial charge in [0.1, 0.15) is 12.0 Å². The highest BCUT2D eigenvalue weighted by Crippen LogP contribution is 2.43. The lowest BCUT2D eigenvalue weighted by Crippen LogP contribution is -2.41. The van der Waals surface area contributed by atoms with E-state index >= 15 is 0 Å². The number of carbonyl (C=O) groups excluding carboxylic acids is 2. The van der Waals surface area contributed by atoms with Crippen molar-refractivity contribution in [3.63, 3.8) is 0 Å². The second-order valence-electron chi connectivity index (χ2n) is 6.28. The lowest BCUT2D eigenvalue weighted by Gasteiger charge is -2.32. The Labute approximate surface area is 178 Å². The fourth-order valence-electron chi connectivity index (χ4n) is 3.01. The normalized spacial score (nSPS) is 17.5.